The maximum absolute atomic E-state index is 15.0. The number of cyclic esters (lactones) is 1. The molecule has 2 unspecified atom stereocenters. The molecule has 2 atom stereocenters. The van der Waals surface area contributed by atoms with Crippen LogP contribution in [-0.4, -0.2) is 45.3 Å². The van der Waals surface area contributed by atoms with Gasteiger partial charge in [0.25, 0.3) is 5.56 Å². The van der Waals surface area contributed by atoms with Gasteiger partial charge >= 0.3 is 5.97 Å². The van der Waals surface area contributed by atoms with E-state index in [-0.39, 0.29) is 61.2 Å². The Kier molecular flexibility index (Phi) is 4.96. The summed E-state index contributed by atoms with van der Waals surface area (Å²) in [5, 5.41) is 15.0. The highest BCUT2D eigenvalue weighted by atomic mass is 19.1. The Balaban J connectivity index is 1.47. The molecule has 0 spiro atoms. The van der Waals surface area contributed by atoms with E-state index in [9.17, 15) is 19.5 Å². The smallest absolute Gasteiger partial charge is 0.343 e. The van der Waals surface area contributed by atoms with Crippen LogP contribution in [0, 0.1) is 12.7 Å². The molecule has 4 aliphatic rings. The number of hydrogen-bond acceptors (Lipinski definition) is 8. The second kappa shape index (κ2) is 7.93. The van der Waals surface area contributed by atoms with Crippen molar-refractivity contribution in [2.24, 2.45) is 5.73 Å². The van der Waals surface area contributed by atoms with Gasteiger partial charge in [0.15, 0.2) is 5.60 Å². The topological polar surface area (TPSA) is 146 Å². The average Bonchev–Trinajstić information content (AvgIpc) is 3.27. The third-order valence-corrected chi connectivity index (χ3v) is 8.85. The third-order valence-electron chi connectivity index (χ3n) is 8.85. The minimum Gasteiger partial charge on any atom is -0.458 e. The molecule has 3 aromatic rings. The van der Waals surface area contributed by atoms with Gasteiger partial charge in [-0.1, -0.05) is 6.92 Å². The average molecular weight is 535 g/mol. The van der Waals surface area contributed by atoms with Crippen molar-refractivity contribution in [1.82, 2.24) is 14.9 Å². The molecule has 11 heteroatoms. The Bertz CT molecular complexity index is 1710. The molecule has 5 heterocycles. The highest BCUT2D eigenvalue weighted by Crippen LogP contribution is 2.46. The van der Waals surface area contributed by atoms with Crippen molar-refractivity contribution in [3.05, 3.63) is 61.7 Å². The molecule has 202 valence electrons. The summed E-state index contributed by atoms with van der Waals surface area (Å²) in [6, 6.07) is 2.57. The fraction of sp³-hybridized carbons (Fsp3) is 0.429. The van der Waals surface area contributed by atoms with E-state index in [0.29, 0.717) is 35.3 Å². The highest BCUT2D eigenvalue weighted by molar-refractivity contribution is 5.94. The fourth-order valence-electron chi connectivity index (χ4n) is 6.45. The first-order valence-corrected chi connectivity index (χ1v) is 13.1. The highest BCUT2D eigenvalue weighted by Gasteiger charge is 2.47. The number of amides is 1. The number of esters is 1. The van der Waals surface area contributed by atoms with Gasteiger partial charge in [-0.15, -0.1) is 0 Å². The molecule has 7 rings (SSSR count). The lowest BCUT2D eigenvalue weighted by atomic mass is 9.81. The number of hydrogen-bond donors (Lipinski definition) is 3. The number of fused-ring (bicyclic) bond motifs is 5. The first-order chi connectivity index (χ1) is 18.6. The number of nitrogens with zero attached hydrogens (tertiary/aromatic N) is 2. The maximum Gasteiger partial charge on any atom is 0.343 e. The molecular weight excluding hydrogens is 507 g/mol. The van der Waals surface area contributed by atoms with Gasteiger partial charge in [0.1, 0.15) is 18.0 Å². The fourth-order valence-corrected chi connectivity index (χ4v) is 6.45. The van der Waals surface area contributed by atoms with E-state index in [1.165, 1.54) is 6.07 Å². The number of nitrogens with two attached hydrogens (primary N) is 1. The predicted molar refractivity (Wildman–Crippen MR) is 136 cm³/mol. The van der Waals surface area contributed by atoms with E-state index in [2.05, 4.69) is 5.32 Å². The Morgan fingerprint density at radius 1 is 1.28 bits per heavy atom. The molecule has 0 radical (unpaired) electrons. The SMILES string of the molecule is CCC1(O)C(=O)OCc2c1cc1n(c2=O)Cc2c-1nc1cc(F)c(C)c3c1c2C(NC(=O)C1(N)COC1)CC3. The minimum atomic E-state index is -1.95. The van der Waals surface area contributed by atoms with E-state index in [0.717, 1.165) is 22.1 Å². The van der Waals surface area contributed by atoms with Crippen LogP contribution in [0.1, 0.15) is 59.2 Å². The van der Waals surface area contributed by atoms with Gasteiger partial charge < -0.3 is 30.2 Å². The molecule has 1 fully saturated rings. The summed E-state index contributed by atoms with van der Waals surface area (Å²) in [7, 11) is 0. The van der Waals surface area contributed by atoms with Crippen molar-refractivity contribution in [3.63, 3.8) is 0 Å². The van der Waals surface area contributed by atoms with Gasteiger partial charge in [-0.25, -0.2) is 14.2 Å². The van der Waals surface area contributed by atoms with Gasteiger partial charge in [0.2, 0.25) is 5.91 Å². The summed E-state index contributed by atoms with van der Waals surface area (Å²) in [6.07, 6.45) is 1.08. The van der Waals surface area contributed by atoms with E-state index in [4.69, 9.17) is 20.2 Å². The molecule has 1 aromatic carbocycles. The van der Waals surface area contributed by atoms with Gasteiger partial charge in [0.05, 0.1) is 48.3 Å². The molecule has 10 nitrogen and oxygen atoms in total. The lowest BCUT2D eigenvalue weighted by molar-refractivity contribution is -0.172. The molecule has 1 saturated heterocycles. The second-order valence-electron chi connectivity index (χ2n) is 11.0. The zero-order chi connectivity index (χ0) is 27.4. The zero-order valence-corrected chi connectivity index (χ0v) is 21.5. The van der Waals surface area contributed by atoms with Crippen LogP contribution in [-0.2, 0) is 44.2 Å². The van der Waals surface area contributed by atoms with Crippen molar-refractivity contribution in [3.8, 4) is 11.4 Å². The number of carbonyl (C=O) groups is 2. The molecule has 1 aliphatic carbocycles. The summed E-state index contributed by atoms with van der Waals surface area (Å²) < 4.78 is 26.9. The minimum absolute atomic E-state index is 0.0253. The summed E-state index contributed by atoms with van der Waals surface area (Å²) >= 11 is 0. The maximum atomic E-state index is 15.0. The number of rotatable bonds is 3. The quantitative estimate of drug-likeness (QED) is 0.334. The van der Waals surface area contributed by atoms with Crippen molar-refractivity contribution < 1.29 is 28.6 Å². The van der Waals surface area contributed by atoms with E-state index in [1.807, 2.05) is 0 Å². The standard InChI is InChI=1S/C28H27FN4O6/c1-3-28(37)16-6-20-23-14(8-33(20)24(34)15(16)9-39-26(28)36)22-18(32-25(35)27(30)10-38-11-27)5-4-13-12(2)17(29)7-19(31-23)21(13)22/h6-7,18,37H,3-5,8-11,30H2,1-2H3,(H,32,35). The molecular formula is C28H27FN4O6. The summed E-state index contributed by atoms with van der Waals surface area (Å²) in [5.41, 5.74) is 7.38. The Morgan fingerprint density at radius 3 is 2.74 bits per heavy atom. The lowest BCUT2D eigenvalue weighted by Crippen LogP contribution is -2.66. The monoisotopic (exact) mass is 534 g/mol. The molecule has 1 amide bonds. The summed E-state index contributed by atoms with van der Waals surface area (Å²) in [4.78, 5) is 44.1. The normalized spacial score (nSPS) is 23.9. The van der Waals surface area contributed by atoms with Crippen LogP contribution in [0.15, 0.2) is 16.9 Å². The molecule has 4 N–H and O–H groups in total. The Hall–Kier alpha value is -3.67. The third kappa shape index (κ3) is 3.11. The van der Waals surface area contributed by atoms with Crippen molar-refractivity contribution in [1.29, 1.82) is 0 Å². The number of aryl methyl sites for hydroxylation is 1. The van der Waals surface area contributed by atoms with Crippen LogP contribution >= 0.6 is 0 Å². The van der Waals surface area contributed by atoms with Crippen LogP contribution < -0.4 is 16.6 Å². The molecule has 2 aromatic heterocycles. The van der Waals surface area contributed by atoms with Crippen LogP contribution in [0.4, 0.5) is 4.39 Å². The van der Waals surface area contributed by atoms with E-state index >= 15 is 4.39 Å². The van der Waals surface area contributed by atoms with Gasteiger partial charge in [-0.2, -0.15) is 0 Å². The Labute approximate surface area is 221 Å². The van der Waals surface area contributed by atoms with Crippen LogP contribution in [0.5, 0.6) is 0 Å². The summed E-state index contributed by atoms with van der Waals surface area (Å²) in [6.45, 7) is 3.57. The molecule has 0 saturated carbocycles. The number of aromatic nitrogens is 2. The summed E-state index contributed by atoms with van der Waals surface area (Å²) in [5.74, 6) is -1.51. The predicted octanol–water partition coefficient (Wildman–Crippen LogP) is 1.36. The second-order valence-corrected chi connectivity index (χ2v) is 11.0. The lowest BCUT2D eigenvalue weighted by Gasteiger charge is -2.38. The number of halogens is 1. The number of pyridine rings is 2. The zero-order valence-electron chi connectivity index (χ0n) is 21.5. The number of nitrogens with one attached hydrogen (secondary N) is 1. The van der Waals surface area contributed by atoms with E-state index < -0.39 is 23.2 Å². The Morgan fingerprint density at radius 2 is 2.05 bits per heavy atom. The molecule has 3 aliphatic heterocycles. The number of carbonyl (C=O) groups excluding carboxylic acids is 2. The first-order valence-electron chi connectivity index (χ1n) is 13.1. The molecule has 39 heavy (non-hydrogen) atoms. The molecule has 0 bridgehead atoms. The van der Waals surface area contributed by atoms with Gasteiger partial charge in [-0.3, -0.25) is 9.59 Å². The largest absolute Gasteiger partial charge is 0.458 e. The van der Waals surface area contributed by atoms with Gasteiger partial charge in [0, 0.05) is 22.6 Å². The first kappa shape index (κ1) is 24.4. The van der Waals surface area contributed by atoms with Crippen molar-refractivity contribution in [2.45, 2.75) is 63.4 Å². The number of aliphatic hydroxyl groups is 1. The van der Waals surface area contributed by atoms with Crippen molar-refractivity contribution in [2.75, 3.05) is 13.2 Å². The van der Waals surface area contributed by atoms with Gasteiger partial charge in [-0.05, 0) is 48.9 Å². The number of benzene rings is 1. The van der Waals surface area contributed by atoms with Crippen LogP contribution in [0.3, 0.4) is 0 Å². The van der Waals surface area contributed by atoms with Crippen LogP contribution in [0.25, 0.3) is 22.3 Å². The number of ether oxygens (including phenoxy) is 2. The van der Waals surface area contributed by atoms with E-state index in [1.54, 1.807) is 24.5 Å². The van der Waals surface area contributed by atoms with Crippen molar-refractivity contribution >= 4 is 22.8 Å². The van der Waals surface area contributed by atoms with Crippen LogP contribution in [0.2, 0.25) is 0 Å².